The van der Waals surface area contributed by atoms with Crippen molar-refractivity contribution in [1.29, 1.82) is 0 Å². The van der Waals surface area contributed by atoms with Gasteiger partial charge in [0, 0.05) is 29.2 Å². The summed E-state index contributed by atoms with van der Waals surface area (Å²) in [4.78, 5) is 29.8. The second-order valence-corrected chi connectivity index (χ2v) is 6.99. The van der Waals surface area contributed by atoms with Crippen molar-refractivity contribution in [3.8, 4) is 0 Å². The Balaban J connectivity index is 1.58. The van der Waals surface area contributed by atoms with Crippen LogP contribution in [0, 0.1) is 0 Å². The van der Waals surface area contributed by atoms with Gasteiger partial charge < -0.3 is 8.83 Å². The zero-order valence-corrected chi connectivity index (χ0v) is 14.8. The third kappa shape index (κ3) is 2.35. The third-order valence-electron chi connectivity index (χ3n) is 4.83. The summed E-state index contributed by atoms with van der Waals surface area (Å²) >= 11 is 0. The lowest BCUT2D eigenvalue weighted by Gasteiger charge is -2.00. The fourth-order valence-electron chi connectivity index (χ4n) is 3.38. The van der Waals surface area contributed by atoms with Crippen LogP contribution in [-0.2, 0) is 0 Å². The van der Waals surface area contributed by atoms with Crippen molar-refractivity contribution in [3.05, 3.63) is 70.8 Å². The van der Waals surface area contributed by atoms with Crippen molar-refractivity contribution < 1.29 is 18.4 Å². The van der Waals surface area contributed by atoms with E-state index in [1.165, 1.54) is 6.08 Å². The number of ketones is 2. The lowest BCUT2D eigenvalue weighted by molar-refractivity contribution is 0.0990. The number of carbonyl (C=O) groups excluding carboxylic acids is 2. The number of hydrogen-bond acceptors (Lipinski definition) is 5. The normalized spacial score (nSPS) is 14.0. The molecule has 0 fully saturated rings. The minimum atomic E-state index is -0.307. The molecule has 0 spiro atoms. The minimum Gasteiger partial charge on any atom is -0.440 e. The molecule has 1 aliphatic rings. The highest BCUT2D eigenvalue weighted by molar-refractivity contribution is 6.41. The number of carbonyl (C=O) groups is 2. The molecule has 2 aromatic heterocycles. The van der Waals surface area contributed by atoms with Gasteiger partial charge in [-0.1, -0.05) is 38.1 Å². The molecule has 0 aliphatic heterocycles. The largest absolute Gasteiger partial charge is 0.440 e. The van der Waals surface area contributed by atoms with Gasteiger partial charge in [0.15, 0.2) is 17.1 Å². The van der Waals surface area contributed by atoms with E-state index in [-0.39, 0.29) is 28.9 Å². The number of fused-ring (bicyclic) bond motifs is 3. The lowest BCUT2D eigenvalue weighted by Crippen LogP contribution is -2.00. The molecule has 0 saturated heterocycles. The predicted molar refractivity (Wildman–Crippen MR) is 101 cm³/mol. The zero-order chi connectivity index (χ0) is 18.7. The van der Waals surface area contributed by atoms with Gasteiger partial charge in [-0.3, -0.25) is 9.59 Å². The number of allylic oxidation sites excluding steroid dienone is 1. The quantitative estimate of drug-likeness (QED) is 0.366. The molecule has 0 N–H and O–H groups in total. The van der Waals surface area contributed by atoms with Crippen molar-refractivity contribution in [2.75, 3.05) is 0 Å². The number of aromatic nitrogens is 1. The number of oxazole rings is 1. The van der Waals surface area contributed by atoms with E-state index in [2.05, 4.69) is 4.98 Å². The van der Waals surface area contributed by atoms with Crippen LogP contribution in [-0.4, -0.2) is 16.6 Å². The van der Waals surface area contributed by atoms with Crippen molar-refractivity contribution >= 4 is 39.7 Å². The highest BCUT2D eigenvalue weighted by Gasteiger charge is 2.34. The van der Waals surface area contributed by atoms with Crippen LogP contribution in [0.4, 0.5) is 0 Å². The van der Waals surface area contributed by atoms with Crippen LogP contribution in [0.25, 0.3) is 28.1 Å². The van der Waals surface area contributed by atoms with Crippen molar-refractivity contribution in [2.24, 2.45) is 0 Å². The third-order valence-corrected chi connectivity index (χ3v) is 4.83. The van der Waals surface area contributed by atoms with E-state index < -0.39 is 0 Å². The molecule has 0 bridgehead atoms. The Bertz CT molecular complexity index is 1200. The highest BCUT2D eigenvalue weighted by atomic mass is 16.4. The van der Waals surface area contributed by atoms with Crippen LogP contribution >= 0.6 is 0 Å². The standard InChI is InChI=1S/C22H15NO4/c1-11(2)17-10-18-22(27-17)23-19(26-18)9-16-20(24)14-7-12-5-3-4-6-13(12)8-15(14)21(16)25/h3-11H,1-2H3. The van der Waals surface area contributed by atoms with Crippen LogP contribution in [0.1, 0.15) is 52.1 Å². The molecule has 132 valence electrons. The average Bonchev–Trinajstić information content (AvgIpc) is 3.28. The van der Waals surface area contributed by atoms with E-state index in [4.69, 9.17) is 8.83 Å². The van der Waals surface area contributed by atoms with E-state index in [0.29, 0.717) is 22.4 Å². The molecule has 5 heteroatoms. The summed E-state index contributed by atoms with van der Waals surface area (Å²) in [6.07, 6.45) is 1.40. The molecule has 2 aromatic carbocycles. The predicted octanol–water partition coefficient (Wildman–Crippen LogP) is 5.16. The summed E-state index contributed by atoms with van der Waals surface area (Å²) in [7, 11) is 0. The first-order valence-electron chi connectivity index (χ1n) is 8.75. The lowest BCUT2D eigenvalue weighted by atomic mass is 10.0. The van der Waals surface area contributed by atoms with Gasteiger partial charge in [0.25, 0.3) is 5.71 Å². The maximum atomic E-state index is 12.8. The number of benzene rings is 2. The van der Waals surface area contributed by atoms with E-state index in [1.54, 1.807) is 18.2 Å². The van der Waals surface area contributed by atoms with E-state index >= 15 is 0 Å². The monoisotopic (exact) mass is 357 g/mol. The maximum Gasteiger partial charge on any atom is 0.266 e. The maximum absolute atomic E-state index is 12.8. The van der Waals surface area contributed by atoms with E-state index in [1.807, 2.05) is 38.1 Å². The summed E-state index contributed by atoms with van der Waals surface area (Å²) < 4.78 is 11.3. The van der Waals surface area contributed by atoms with Gasteiger partial charge in [-0.25, -0.2) is 0 Å². The van der Waals surface area contributed by atoms with Crippen molar-refractivity contribution in [2.45, 2.75) is 19.8 Å². The number of rotatable bonds is 2. The first kappa shape index (κ1) is 15.8. The van der Waals surface area contributed by atoms with Gasteiger partial charge in [-0.15, -0.1) is 0 Å². The Morgan fingerprint density at radius 3 is 2.11 bits per heavy atom. The van der Waals surface area contributed by atoms with Crippen molar-refractivity contribution in [1.82, 2.24) is 4.98 Å². The SMILES string of the molecule is CC(C)c1cc2oc(C=C3C(=O)c4cc5ccccc5cc4C3=O)nc2o1. The fraction of sp³-hybridized carbons (Fsp3) is 0.136. The molecule has 0 atom stereocenters. The number of hydrogen-bond donors (Lipinski definition) is 0. The van der Waals surface area contributed by atoms with Crippen LogP contribution in [0.2, 0.25) is 0 Å². The van der Waals surface area contributed by atoms with Gasteiger partial charge in [-0.05, 0) is 22.9 Å². The molecule has 0 saturated carbocycles. The smallest absolute Gasteiger partial charge is 0.266 e. The topological polar surface area (TPSA) is 73.3 Å². The molecule has 4 aromatic rings. The van der Waals surface area contributed by atoms with Gasteiger partial charge in [-0.2, -0.15) is 4.98 Å². The molecule has 0 unspecified atom stereocenters. The Kier molecular flexibility index (Phi) is 3.22. The van der Waals surface area contributed by atoms with Gasteiger partial charge in [0.05, 0.1) is 5.57 Å². The first-order chi connectivity index (χ1) is 13.0. The van der Waals surface area contributed by atoms with Gasteiger partial charge in [0.1, 0.15) is 5.76 Å². The van der Waals surface area contributed by atoms with Crippen LogP contribution < -0.4 is 0 Å². The Morgan fingerprint density at radius 2 is 1.56 bits per heavy atom. The Labute approximate surface area is 154 Å². The van der Waals surface area contributed by atoms with E-state index in [0.717, 1.165) is 16.5 Å². The summed E-state index contributed by atoms with van der Waals surface area (Å²) in [5.41, 5.74) is 1.77. The van der Waals surface area contributed by atoms with Crippen LogP contribution in [0.3, 0.4) is 0 Å². The molecule has 0 radical (unpaired) electrons. The summed E-state index contributed by atoms with van der Waals surface area (Å²) in [6, 6.07) is 13.0. The number of nitrogens with zero attached hydrogens (tertiary/aromatic N) is 1. The molecular weight excluding hydrogens is 342 g/mol. The Morgan fingerprint density at radius 1 is 0.926 bits per heavy atom. The Hall–Kier alpha value is -3.47. The van der Waals surface area contributed by atoms with Crippen molar-refractivity contribution in [3.63, 3.8) is 0 Å². The molecule has 2 heterocycles. The molecule has 27 heavy (non-hydrogen) atoms. The number of Topliss-reactive ketones (excluding diaryl/α,β-unsaturated/α-hetero) is 2. The molecule has 5 rings (SSSR count). The zero-order valence-electron chi connectivity index (χ0n) is 14.8. The van der Waals surface area contributed by atoms with Crippen LogP contribution in [0.15, 0.2) is 56.9 Å². The summed E-state index contributed by atoms with van der Waals surface area (Å²) in [5.74, 6) is 0.574. The molecule has 0 amide bonds. The molecular formula is C22H15NO4. The highest BCUT2D eigenvalue weighted by Crippen LogP contribution is 2.32. The molecule has 1 aliphatic carbocycles. The summed E-state index contributed by atoms with van der Waals surface area (Å²) in [6.45, 7) is 4.02. The first-order valence-corrected chi connectivity index (χ1v) is 8.75. The van der Waals surface area contributed by atoms with E-state index in [9.17, 15) is 9.59 Å². The molecule has 5 nitrogen and oxygen atoms in total. The second kappa shape index (κ2) is 5.51. The fourth-order valence-corrected chi connectivity index (χ4v) is 3.38. The summed E-state index contributed by atoms with van der Waals surface area (Å²) in [5, 5.41) is 1.85. The van der Waals surface area contributed by atoms with Gasteiger partial charge in [0.2, 0.25) is 5.89 Å². The second-order valence-electron chi connectivity index (χ2n) is 6.99. The number of furan rings is 1. The average molecular weight is 357 g/mol. The minimum absolute atomic E-state index is 0.0632. The van der Waals surface area contributed by atoms with Gasteiger partial charge >= 0.3 is 0 Å². The van der Waals surface area contributed by atoms with Crippen LogP contribution in [0.5, 0.6) is 0 Å².